The average Bonchev–Trinajstić information content (AvgIpc) is 2.17. The quantitative estimate of drug-likeness (QED) is 0.752. The summed E-state index contributed by atoms with van der Waals surface area (Å²) < 4.78 is 0. The summed E-state index contributed by atoms with van der Waals surface area (Å²) in [6, 6.07) is 8.00. The highest BCUT2D eigenvalue weighted by molar-refractivity contribution is 5.27. The number of aromatic hydroxyl groups is 1. The molecule has 1 aromatic carbocycles. The van der Waals surface area contributed by atoms with Gasteiger partial charge in [0.2, 0.25) is 0 Å². The van der Waals surface area contributed by atoms with Crippen molar-refractivity contribution in [3.8, 4) is 5.75 Å². The van der Waals surface area contributed by atoms with Crippen molar-refractivity contribution in [1.82, 2.24) is 5.32 Å². The number of likely N-dealkylation sites (N-methyl/N-ethyl adjacent to an activating group) is 1. The number of rotatable bonds is 5. The highest BCUT2D eigenvalue weighted by Gasteiger charge is 2.05. The molecule has 0 saturated carbocycles. The first-order valence-corrected chi connectivity index (χ1v) is 5.21. The van der Waals surface area contributed by atoms with Crippen LogP contribution in [-0.2, 0) is 6.42 Å². The molecule has 1 rings (SSSR count). The molecule has 0 heterocycles. The molecule has 14 heavy (non-hydrogen) atoms. The Labute approximate surface area is 86.0 Å². The van der Waals surface area contributed by atoms with E-state index in [1.807, 2.05) is 19.2 Å². The highest BCUT2D eigenvalue weighted by atomic mass is 16.3. The number of phenolic OH excluding ortho intramolecular Hbond substituents is 1. The summed E-state index contributed by atoms with van der Waals surface area (Å²) in [6.45, 7) is 2.19. The number of nitrogens with one attached hydrogen (secondary N) is 1. The third-order valence-corrected chi connectivity index (χ3v) is 2.44. The van der Waals surface area contributed by atoms with Crippen LogP contribution in [0, 0.1) is 0 Å². The lowest BCUT2D eigenvalue weighted by atomic mass is 10.0. The zero-order valence-corrected chi connectivity index (χ0v) is 8.96. The van der Waals surface area contributed by atoms with Crippen molar-refractivity contribution in [3.63, 3.8) is 0 Å². The Hall–Kier alpha value is -1.02. The zero-order valence-electron chi connectivity index (χ0n) is 8.96. The summed E-state index contributed by atoms with van der Waals surface area (Å²) in [6.07, 6.45) is 3.34. The van der Waals surface area contributed by atoms with E-state index in [0.29, 0.717) is 11.8 Å². The van der Waals surface area contributed by atoms with Gasteiger partial charge in [0.25, 0.3) is 0 Å². The second kappa shape index (κ2) is 5.66. The van der Waals surface area contributed by atoms with E-state index >= 15 is 0 Å². The molecule has 1 atom stereocenters. The fourth-order valence-electron chi connectivity index (χ4n) is 1.66. The van der Waals surface area contributed by atoms with Crippen LogP contribution < -0.4 is 5.32 Å². The molecule has 78 valence electrons. The summed E-state index contributed by atoms with van der Waals surface area (Å²) in [5.74, 6) is 0.355. The molecule has 0 aliphatic heterocycles. The molecule has 0 radical (unpaired) electrons. The molecule has 0 bridgehead atoms. The van der Waals surface area contributed by atoms with Crippen LogP contribution in [-0.4, -0.2) is 18.2 Å². The summed E-state index contributed by atoms with van der Waals surface area (Å²) in [7, 11) is 1.99. The predicted molar refractivity (Wildman–Crippen MR) is 59.6 cm³/mol. The van der Waals surface area contributed by atoms with Crippen LogP contribution in [0.4, 0.5) is 0 Å². The predicted octanol–water partition coefficient (Wildman–Crippen LogP) is 2.32. The van der Waals surface area contributed by atoms with E-state index in [4.69, 9.17) is 0 Å². The van der Waals surface area contributed by atoms with Gasteiger partial charge in [-0.15, -0.1) is 0 Å². The Balaban J connectivity index is 2.57. The van der Waals surface area contributed by atoms with E-state index in [1.165, 1.54) is 18.4 Å². The molecule has 1 aromatic rings. The molecular formula is C12H19NO. The molecule has 0 aromatic heterocycles. The lowest BCUT2D eigenvalue weighted by Crippen LogP contribution is -2.27. The van der Waals surface area contributed by atoms with Gasteiger partial charge in [0.15, 0.2) is 0 Å². The Morgan fingerprint density at radius 1 is 1.43 bits per heavy atom. The molecule has 0 saturated heterocycles. The van der Waals surface area contributed by atoms with E-state index in [1.54, 1.807) is 6.07 Å². The van der Waals surface area contributed by atoms with Gasteiger partial charge < -0.3 is 10.4 Å². The van der Waals surface area contributed by atoms with Crippen LogP contribution in [0.15, 0.2) is 24.3 Å². The normalized spacial score (nSPS) is 12.7. The first-order valence-electron chi connectivity index (χ1n) is 5.21. The largest absolute Gasteiger partial charge is 0.508 e. The number of hydrogen-bond acceptors (Lipinski definition) is 2. The summed E-state index contributed by atoms with van der Waals surface area (Å²) in [4.78, 5) is 0. The van der Waals surface area contributed by atoms with Crippen molar-refractivity contribution in [2.24, 2.45) is 0 Å². The Morgan fingerprint density at radius 2 is 2.21 bits per heavy atom. The van der Waals surface area contributed by atoms with E-state index in [-0.39, 0.29) is 0 Å². The minimum Gasteiger partial charge on any atom is -0.508 e. The molecule has 0 aliphatic rings. The van der Waals surface area contributed by atoms with E-state index in [0.717, 1.165) is 6.42 Å². The number of phenols is 1. The lowest BCUT2D eigenvalue weighted by molar-refractivity contribution is 0.472. The van der Waals surface area contributed by atoms with E-state index < -0.39 is 0 Å². The lowest BCUT2D eigenvalue weighted by Gasteiger charge is -2.15. The number of hydrogen-bond donors (Lipinski definition) is 2. The van der Waals surface area contributed by atoms with Crippen LogP contribution >= 0.6 is 0 Å². The first-order chi connectivity index (χ1) is 6.76. The molecule has 2 nitrogen and oxygen atoms in total. The van der Waals surface area contributed by atoms with Gasteiger partial charge in [-0.1, -0.05) is 25.5 Å². The summed E-state index contributed by atoms with van der Waals surface area (Å²) in [5, 5.41) is 12.6. The fourth-order valence-corrected chi connectivity index (χ4v) is 1.66. The molecular weight excluding hydrogens is 174 g/mol. The molecule has 0 fully saturated rings. The number of benzene rings is 1. The minimum atomic E-state index is 0.355. The van der Waals surface area contributed by atoms with Crippen molar-refractivity contribution in [2.75, 3.05) is 7.05 Å². The van der Waals surface area contributed by atoms with Crippen LogP contribution in [0.2, 0.25) is 0 Å². The van der Waals surface area contributed by atoms with Crippen molar-refractivity contribution in [2.45, 2.75) is 32.2 Å². The van der Waals surface area contributed by atoms with Gasteiger partial charge in [-0.2, -0.15) is 0 Å². The Kier molecular flexibility index (Phi) is 4.47. The third-order valence-electron chi connectivity index (χ3n) is 2.44. The van der Waals surface area contributed by atoms with Crippen LogP contribution in [0.5, 0.6) is 5.75 Å². The van der Waals surface area contributed by atoms with Crippen molar-refractivity contribution in [1.29, 1.82) is 0 Å². The van der Waals surface area contributed by atoms with Gasteiger partial charge in [-0.25, -0.2) is 0 Å². The molecule has 0 amide bonds. The van der Waals surface area contributed by atoms with Gasteiger partial charge >= 0.3 is 0 Å². The highest BCUT2D eigenvalue weighted by Crippen LogP contribution is 2.13. The van der Waals surface area contributed by atoms with Crippen LogP contribution in [0.25, 0.3) is 0 Å². The van der Waals surface area contributed by atoms with Crippen molar-refractivity contribution >= 4 is 0 Å². The molecule has 1 unspecified atom stereocenters. The third kappa shape index (κ3) is 3.38. The Morgan fingerprint density at radius 3 is 2.79 bits per heavy atom. The monoisotopic (exact) mass is 193 g/mol. The van der Waals surface area contributed by atoms with Crippen LogP contribution in [0.1, 0.15) is 25.3 Å². The van der Waals surface area contributed by atoms with Crippen molar-refractivity contribution < 1.29 is 5.11 Å². The smallest absolute Gasteiger partial charge is 0.115 e. The maximum Gasteiger partial charge on any atom is 0.115 e. The molecule has 2 N–H and O–H groups in total. The summed E-state index contributed by atoms with van der Waals surface area (Å²) in [5.41, 5.74) is 1.19. The second-order valence-electron chi connectivity index (χ2n) is 3.65. The SMILES string of the molecule is CCCC(Cc1cccc(O)c1)NC. The van der Waals surface area contributed by atoms with Gasteiger partial charge in [-0.3, -0.25) is 0 Å². The van der Waals surface area contributed by atoms with Crippen molar-refractivity contribution in [3.05, 3.63) is 29.8 Å². The van der Waals surface area contributed by atoms with Gasteiger partial charge in [-0.05, 0) is 37.6 Å². The standard InChI is InChI=1S/C12H19NO/c1-3-5-11(13-2)8-10-6-4-7-12(14)9-10/h4,6-7,9,11,13-14H,3,5,8H2,1-2H3. The maximum atomic E-state index is 9.31. The topological polar surface area (TPSA) is 32.3 Å². The fraction of sp³-hybridized carbons (Fsp3) is 0.500. The molecule has 0 aliphatic carbocycles. The summed E-state index contributed by atoms with van der Waals surface area (Å²) >= 11 is 0. The first kappa shape index (κ1) is 11.1. The minimum absolute atomic E-state index is 0.355. The van der Waals surface area contributed by atoms with Gasteiger partial charge in [0, 0.05) is 6.04 Å². The maximum absolute atomic E-state index is 9.31. The Bertz CT molecular complexity index is 273. The zero-order chi connectivity index (χ0) is 10.4. The molecule has 2 heteroatoms. The molecule has 0 spiro atoms. The second-order valence-corrected chi connectivity index (χ2v) is 3.65. The van der Waals surface area contributed by atoms with Gasteiger partial charge in [0.05, 0.1) is 0 Å². The van der Waals surface area contributed by atoms with Gasteiger partial charge in [0.1, 0.15) is 5.75 Å². The van der Waals surface area contributed by atoms with E-state index in [2.05, 4.69) is 18.3 Å². The van der Waals surface area contributed by atoms with E-state index in [9.17, 15) is 5.11 Å². The van der Waals surface area contributed by atoms with Crippen LogP contribution in [0.3, 0.4) is 0 Å². The average molecular weight is 193 g/mol.